The third kappa shape index (κ3) is 5.92. The Hall–Kier alpha value is 0.700. The van der Waals surface area contributed by atoms with Crippen LogP contribution in [0.2, 0.25) is 0 Å². The van der Waals surface area contributed by atoms with Gasteiger partial charge < -0.3 is 19.2 Å². The monoisotopic (exact) mass is 200 g/mol. The lowest BCUT2D eigenvalue weighted by Gasteiger charge is -2.18. The Morgan fingerprint density at radius 3 is 2.36 bits per heavy atom. The van der Waals surface area contributed by atoms with Crippen LogP contribution in [0.1, 0.15) is 13.8 Å². The Kier molecular flexibility index (Phi) is 6.64. The highest BCUT2D eigenvalue weighted by molar-refractivity contribution is 7.39. The molecule has 0 aliphatic rings. The summed E-state index contributed by atoms with van der Waals surface area (Å²) < 4.78 is 4.73. The Morgan fingerprint density at radius 1 is 1.45 bits per heavy atom. The molecular weight excluding hydrogens is 186 g/mol. The highest BCUT2D eigenvalue weighted by Gasteiger charge is 2.15. The maximum atomic E-state index is 8.57. The largest absolute Gasteiger partial charge is 0.377 e. The van der Waals surface area contributed by atoms with Gasteiger partial charge in [-0.1, -0.05) is 6.92 Å². The van der Waals surface area contributed by atoms with Gasteiger partial charge in [0.05, 0.1) is 6.10 Å². The van der Waals surface area contributed by atoms with Crippen LogP contribution in [-0.4, -0.2) is 26.9 Å². The molecule has 0 aliphatic carbocycles. The predicted molar refractivity (Wildman–Crippen MR) is 46.5 cm³/mol. The summed E-state index contributed by atoms with van der Waals surface area (Å²) in [6.07, 6.45) is 0.431. The second kappa shape index (κ2) is 6.24. The van der Waals surface area contributed by atoms with Crippen LogP contribution in [0.25, 0.3) is 0 Å². The van der Waals surface area contributed by atoms with Crippen molar-refractivity contribution in [1.82, 2.24) is 0 Å². The second-order valence-corrected chi connectivity index (χ2v) is 3.84. The van der Waals surface area contributed by atoms with E-state index in [0.717, 1.165) is 0 Å². The lowest BCUT2D eigenvalue weighted by molar-refractivity contribution is 0.146. The first-order valence-electron chi connectivity index (χ1n) is 3.29. The fourth-order valence-corrected chi connectivity index (χ4v) is 1.69. The summed E-state index contributed by atoms with van der Waals surface area (Å²) in [5, 5.41) is 0. The summed E-state index contributed by atoms with van der Waals surface area (Å²) in [5.41, 5.74) is 0. The molecule has 0 amide bonds. The van der Waals surface area contributed by atoms with Gasteiger partial charge in [0, 0.05) is 8.81 Å². The average Bonchev–Trinajstić information content (AvgIpc) is 1.86. The van der Waals surface area contributed by atoms with Crippen LogP contribution < -0.4 is 0 Å². The summed E-state index contributed by atoms with van der Waals surface area (Å²) in [6, 6.07) is 0. The molecule has 0 spiro atoms. The van der Waals surface area contributed by atoms with Gasteiger partial charge >= 0.3 is 8.60 Å². The topological polar surface area (TPSA) is 69.9 Å². The van der Waals surface area contributed by atoms with Crippen LogP contribution in [0.3, 0.4) is 0 Å². The van der Waals surface area contributed by atoms with Crippen molar-refractivity contribution in [3.05, 3.63) is 0 Å². The third-order valence-corrected chi connectivity index (χ3v) is 2.82. The number of hydrogen-bond donors (Lipinski definition) is 3. The Bertz CT molecular complexity index is 100. The molecule has 3 atom stereocenters. The first-order valence-corrected chi connectivity index (χ1v) is 5.61. The minimum atomic E-state index is -2.26. The molecule has 68 valence electrons. The van der Waals surface area contributed by atoms with Gasteiger partial charge in [-0.25, -0.2) is 0 Å². The van der Waals surface area contributed by atoms with E-state index < -0.39 is 8.60 Å². The molecule has 0 aromatic rings. The first kappa shape index (κ1) is 11.7. The van der Waals surface area contributed by atoms with Crippen LogP contribution in [0.5, 0.6) is 0 Å². The van der Waals surface area contributed by atoms with Gasteiger partial charge in [0.15, 0.2) is 0 Å². The third-order valence-electron chi connectivity index (χ3n) is 1.48. The molecule has 0 aromatic carbocycles. The van der Waals surface area contributed by atoms with E-state index >= 15 is 0 Å². The van der Waals surface area contributed by atoms with E-state index in [1.807, 2.05) is 6.92 Å². The zero-order chi connectivity index (χ0) is 8.85. The van der Waals surface area contributed by atoms with Gasteiger partial charge in [-0.3, -0.25) is 0 Å². The highest BCUT2D eigenvalue weighted by atomic mass is 31.2. The van der Waals surface area contributed by atoms with E-state index in [9.17, 15) is 0 Å². The molecule has 0 saturated carbocycles. The van der Waals surface area contributed by atoms with Gasteiger partial charge in [-0.05, 0) is 19.0 Å². The quantitative estimate of drug-likeness (QED) is 0.575. The fourth-order valence-electron chi connectivity index (χ4n) is 0.563. The molecule has 4 nitrogen and oxygen atoms in total. The zero-order valence-corrected chi connectivity index (χ0v) is 8.45. The van der Waals surface area contributed by atoms with Crippen LogP contribution >= 0.6 is 17.4 Å². The van der Waals surface area contributed by atoms with E-state index in [1.54, 1.807) is 6.92 Å². The Labute approximate surface area is 69.5 Å². The molecule has 3 N–H and O–H groups in total. The fraction of sp³-hybridized carbons (Fsp3) is 1.00. The summed E-state index contributed by atoms with van der Waals surface area (Å²) >= 11 is 0. The van der Waals surface area contributed by atoms with Crippen molar-refractivity contribution in [3.63, 3.8) is 0 Å². The lowest BCUT2D eigenvalue weighted by Crippen LogP contribution is -2.17. The molecule has 0 aromatic heterocycles. The van der Waals surface area contributed by atoms with E-state index in [0.29, 0.717) is 6.16 Å². The summed E-state index contributed by atoms with van der Waals surface area (Å²) in [5.74, 6) is 0.155. The average molecular weight is 200 g/mol. The number of rotatable bonds is 5. The molecule has 0 rings (SSSR count). The van der Waals surface area contributed by atoms with Crippen molar-refractivity contribution in [2.24, 2.45) is 5.92 Å². The molecular formula is C5H14O4P2. The molecule has 0 radical (unpaired) electrons. The van der Waals surface area contributed by atoms with Crippen molar-refractivity contribution in [2.45, 2.75) is 20.0 Å². The highest BCUT2D eigenvalue weighted by Crippen LogP contribution is 2.30. The Morgan fingerprint density at radius 2 is 2.00 bits per heavy atom. The SMILES string of the molecule is CC(CPO)C(C)OP(O)O. The standard InChI is InChI=1S/C5H14O4P2/c1-4(3-10-6)5(2)9-11(7)8/h4-8,10H,3H2,1-2H3. The van der Waals surface area contributed by atoms with Crippen molar-refractivity contribution in [1.29, 1.82) is 0 Å². The minimum absolute atomic E-state index is 0.109. The second-order valence-electron chi connectivity index (χ2n) is 2.40. The normalized spacial score (nSPS) is 18.0. The summed E-state index contributed by atoms with van der Waals surface area (Å²) in [7, 11) is -2.37. The molecule has 0 heterocycles. The van der Waals surface area contributed by atoms with Crippen LogP contribution in [-0.2, 0) is 4.52 Å². The van der Waals surface area contributed by atoms with Crippen molar-refractivity contribution in [2.75, 3.05) is 6.16 Å². The maximum absolute atomic E-state index is 8.57. The van der Waals surface area contributed by atoms with Gasteiger partial charge in [-0.15, -0.1) is 0 Å². The van der Waals surface area contributed by atoms with Gasteiger partial charge in [-0.2, -0.15) is 0 Å². The lowest BCUT2D eigenvalue weighted by atomic mass is 10.1. The molecule has 0 aliphatic heterocycles. The maximum Gasteiger partial charge on any atom is 0.327 e. The van der Waals surface area contributed by atoms with Crippen LogP contribution in [0, 0.1) is 5.92 Å². The number of hydrogen-bond acceptors (Lipinski definition) is 4. The van der Waals surface area contributed by atoms with E-state index in [-0.39, 0.29) is 20.8 Å². The van der Waals surface area contributed by atoms with Crippen molar-refractivity contribution in [3.8, 4) is 0 Å². The molecule has 0 fully saturated rings. The predicted octanol–water partition coefficient (Wildman–Crippen LogP) is 0.825. The molecule has 0 saturated heterocycles. The van der Waals surface area contributed by atoms with Crippen molar-refractivity contribution < 1.29 is 19.2 Å². The molecule has 6 heteroatoms. The van der Waals surface area contributed by atoms with Crippen molar-refractivity contribution >= 4 is 17.4 Å². The van der Waals surface area contributed by atoms with Gasteiger partial charge in [0.1, 0.15) is 0 Å². The van der Waals surface area contributed by atoms with E-state index in [2.05, 4.69) is 0 Å². The van der Waals surface area contributed by atoms with Gasteiger partial charge in [0.2, 0.25) is 0 Å². The van der Waals surface area contributed by atoms with E-state index in [4.69, 9.17) is 19.2 Å². The first-order chi connectivity index (χ1) is 5.07. The zero-order valence-electron chi connectivity index (χ0n) is 6.56. The molecule has 0 bridgehead atoms. The van der Waals surface area contributed by atoms with Crippen LogP contribution in [0.15, 0.2) is 0 Å². The van der Waals surface area contributed by atoms with Gasteiger partial charge in [0.25, 0.3) is 0 Å². The van der Waals surface area contributed by atoms with Crippen LogP contribution in [0.4, 0.5) is 0 Å². The minimum Gasteiger partial charge on any atom is -0.377 e. The molecule has 11 heavy (non-hydrogen) atoms. The summed E-state index contributed by atoms with van der Waals surface area (Å²) in [4.78, 5) is 25.5. The Balaban J connectivity index is 3.54. The smallest absolute Gasteiger partial charge is 0.327 e. The summed E-state index contributed by atoms with van der Waals surface area (Å²) in [6.45, 7) is 3.65. The molecule has 3 unspecified atom stereocenters. The van der Waals surface area contributed by atoms with E-state index in [1.165, 1.54) is 0 Å².